The Morgan fingerprint density at radius 3 is 2.23 bits per heavy atom. The number of halogens is 1. The summed E-state index contributed by atoms with van der Waals surface area (Å²) in [6, 6.07) is 11.1. The number of nitrogens with one attached hydrogen (secondary N) is 2. The topological polar surface area (TPSA) is 78.4 Å². The number of urea groups is 1. The lowest BCUT2D eigenvalue weighted by Crippen LogP contribution is -2.23. The van der Waals surface area contributed by atoms with Gasteiger partial charge in [-0.05, 0) is 48.0 Å². The van der Waals surface area contributed by atoms with E-state index in [0.29, 0.717) is 5.69 Å². The van der Waals surface area contributed by atoms with Gasteiger partial charge in [-0.15, -0.1) is 0 Å². The lowest BCUT2D eigenvalue weighted by atomic mass is 10.2. The molecular formula is C16H13FN2O3. The number of rotatable bonds is 4. The smallest absolute Gasteiger partial charge is 0.335 e. The highest BCUT2D eigenvalue weighted by atomic mass is 19.1. The van der Waals surface area contributed by atoms with E-state index in [2.05, 4.69) is 10.6 Å². The zero-order chi connectivity index (χ0) is 15.9. The second-order valence-electron chi connectivity index (χ2n) is 4.37. The van der Waals surface area contributed by atoms with Crippen LogP contribution in [0, 0.1) is 5.82 Å². The van der Waals surface area contributed by atoms with Crippen LogP contribution in [-0.4, -0.2) is 17.1 Å². The van der Waals surface area contributed by atoms with E-state index in [1.807, 2.05) is 0 Å². The molecule has 0 atom stereocenters. The van der Waals surface area contributed by atoms with E-state index in [0.717, 1.165) is 5.56 Å². The zero-order valence-corrected chi connectivity index (χ0v) is 11.4. The molecular weight excluding hydrogens is 287 g/mol. The first-order valence-corrected chi connectivity index (χ1v) is 6.37. The fourth-order valence-electron chi connectivity index (χ4n) is 1.65. The van der Waals surface area contributed by atoms with Gasteiger partial charge in [0.25, 0.3) is 0 Å². The summed E-state index contributed by atoms with van der Waals surface area (Å²) < 4.78 is 12.7. The molecule has 0 aliphatic carbocycles. The van der Waals surface area contributed by atoms with Crippen molar-refractivity contribution in [3.63, 3.8) is 0 Å². The molecule has 0 saturated carbocycles. The van der Waals surface area contributed by atoms with E-state index in [1.165, 1.54) is 42.6 Å². The van der Waals surface area contributed by atoms with Gasteiger partial charge in [-0.1, -0.05) is 12.1 Å². The van der Waals surface area contributed by atoms with Crippen LogP contribution in [-0.2, 0) is 0 Å². The van der Waals surface area contributed by atoms with E-state index in [9.17, 15) is 14.0 Å². The maximum Gasteiger partial charge on any atom is 0.335 e. The summed E-state index contributed by atoms with van der Waals surface area (Å²) in [6.07, 6.45) is 3.04. The monoisotopic (exact) mass is 300 g/mol. The number of benzene rings is 2. The Kier molecular flexibility index (Phi) is 4.87. The Balaban J connectivity index is 1.87. The van der Waals surface area contributed by atoms with Crippen LogP contribution in [0.15, 0.2) is 54.7 Å². The van der Waals surface area contributed by atoms with Crippen molar-refractivity contribution >= 4 is 23.8 Å². The third-order valence-electron chi connectivity index (χ3n) is 2.75. The molecule has 0 aliphatic heterocycles. The van der Waals surface area contributed by atoms with Crippen LogP contribution in [0.25, 0.3) is 6.08 Å². The molecule has 0 saturated heterocycles. The number of aromatic carboxylic acids is 1. The van der Waals surface area contributed by atoms with Crippen molar-refractivity contribution in [3.05, 3.63) is 71.7 Å². The van der Waals surface area contributed by atoms with Gasteiger partial charge >= 0.3 is 12.0 Å². The Morgan fingerprint density at radius 2 is 1.64 bits per heavy atom. The Hall–Kier alpha value is -3.15. The zero-order valence-electron chi connectivity index (χ0n) is 11.4. The van der Waals surface area contributed by atoms with E-state index < -0.39 is 12.0 Å². The van der Waals surface area contributed by atoms with Crippen LogP contribution in [0.5, 0.6) is 0 Å². The number of amides is 2. The standard InChI is InChI=1S/C16H13FN2O3/c17-13-5-1-11(2-6-13)9-10-18-16(22)19-14-7-3-12(4-8-14)15(20)21/h1-10H,(H,20,21)(H2,18,19,22)/b10-9+. The van der Waals surface area contributed by atoms with E-state index in [1.54, 1.807) is 18.2 Å². The normalized spacial score (nSPS) is 10.4. The number of carbonyl (C=O) groups is 2. The summed E-state index contributed by atoms with van der Waals surface area (Å²) in [5.41, 5.74) is 1.35. The van der Waals surface area contributed by atoms with Crippen molar-refractivity contribution < 1.29 is 19.1 Å². The lowest BCUT2D eigenvalue weighted by molar-refractivity contribution is 0.0697. The van der Waals surface area contributed by atoms with E-state index in [-0.39, 0.29) is 11.4 Å². The van der Waals surface area contributed by atoms with Gasteiger partial charge in [0.15, 0.2) is 0 Å². The van der Waals surface area contributed by atoms with Crippen LogP contribution in [0.4, 0.5) is 14.9 Å². The van der Waals surface area contributed by atoms with Gasteiger partial charge in [0.1, 0.15) is 5.82 Å². The summed E-state index contributed by atoms with van der Waals surface area (Å²) in [5, 5.41) is 13.8. The van der Waals surface area contributed by atoms with Crippen LogP contribution in [0.3, 0.4) is 0 Å². The third kappa shape index (κ3) is 4.45. The number of hydrogen-bond donors (Lipinski definition) is 3. The van der Waals surface area contributed by atoms with Crippen molar-refractivity contribution in [1.82, 2.24) is 5.32 Å². The molecule has 0 aromatic heterocycles. The van der Waals surface area contributed by atoms with Crippen LogP contribution < -0.4 is 10.6 Å². The molecule has 0 bridgehead atoms. The lowest BCUT2D eigenvalue weighted by Gasteiger charge is -2.04. The molecule has 0 heterocycles. The Bertz CT molecular complexity index is 694. The highest BCUT2D eigenvalue weighted by Gasteiger charge is 2.03. The molecule has 6 heteroatoms. The first kappa shape index (κ1) is 15.2. The van der Waals surface area contributed by atoms with Crippen LogP contribution in [0.1, 0.15) is 15.9 Å². The van der Waals surface area contributed by atoms with Crippen molar-refractivity contribution in [2.45, 2.75) is 0 Å². The van der Waals surface area contributed by atoms with Gasteiger partial charge < -0.3 is 15.7 Å². The van der Waals surface area contributed by atoms with Crippen LogP contribution >= 0.6 is 0 Å². The van der Waals surface area contributed by atoms with Gasteiger partial charge in [0.05, 0.1) is 5.56 Å². The molecule has 0 fully saturated rings. The molecule has 0 spiro atoms. The van der Waals surface area contributed by atoms with Crippen molar-refractivity contribution in [1.29, 1.82) is 0 Å². The molecule has 0 aliphatic rings. The minimum absolute atomic E-state index is 0.141. The van der Waals surface area contributed by atoms with E-state index >= 15 is 0 Å². The number of carboxylic acid groups (broad SMARTS) is 1. The van der Waals surface area contributed by atoms with Crippen LogP contribution in [0.2, 0.25) is 0 Å². The fraction of sp³-hybridized carbons (Fsp3) is 0. The quantitative estimate of drug-likeness (QED) is 0.810. The van der Waals surface area contributed by atoms with E-state index in [4.69, 9.17) is 5.11 Å². The fourth-order valence-corrected chi connectivity index (χ4v) is 1.65. The Morgan fingerprint density at radius 1 is 1.00 bits per heavy atom. The Labute approximate surface area is 126 Å². The summed E-state index contributed by atoms with van der Waals surface area (Å²) in [5.74, 6) is -1.36. The second-order valence-corrected chi connectivity index (χ2v) is 4.37. The average Bonchev–Trinajstić information content (AvgIpc) is 2.50. The highest BCUT2D eigenvalue weighted by Crippen LogP contribution is 2.09. The van der Waals surface area contributed by atoms with Gasteiger partial charge in [-0.3, -0.25) is 0 Å². The first-order valence-electron chi connectivity index (χ1n) is 6.37. The number of carboxylic acids is 1. The van der Waals surface area contributed by atoms with Gasteiger partial charge in [0.2, 0.25) is 0 Å². The van der Waals surface area contributed by atoms with Gasteiger partial charge in [0, 0.05) is 11.9 Å². The number of hydrogen-bond acceptors (Lipinski definition) is 2. The second kappa shape index (κ2) is 7.03. The largest absolute Gasteiger partial charge is 0.478 e. The maximum absolute atomic E-state index is 12.7. The van der Waals surface area contributed by atoms with Crippen molar-refractivity contribution in [3.8, 4) is 0 Å². The highest BCUT2D eigenvalue weighted by molar-refractivity contribution is 5.92. The van der Waals surface area contributed by atoms with Crippen molar-refractivity contribution in [2.75, 3.05) is 5.32 Å². The minimum atomic E-state index is -1.03. The minimum Gasteiger partial charge on any atom is -0.478 e. The summed E-state index contributed by atoms with van der Waals surface area (Å²) in [4.78, 5) is 22.3. The predicted octanol–water partition coefficient (Wildman–Crippen LogP) is 3.32. The maximum atomic E-state index is 12.7. The number of carbonyl (C=O) groups excluding carboxylic acids is 1. The van der Waals surface area contributed by atoms with Gasteiger partial charge in [-0.25, -0.2) is 14.0 Å². The van der Waals surface area contributed by atoms with Crippen molar-refractivity contribution in [2.24, 2.45) is 0 Å². The molecule has 22 heavy (non-hydrogen) atoms. The van der Waals surface area contributed by atoms with Gasteiger partial charge in [-0.2, -0.15) is 0 Å². The summed E-state index contributed by atoms with van der Waals surface area (Å²) >= 11 is 0. The molecule has 0 radical (unpaired) electrons. The summed E-state index contributed by atoms with van der Waals surface area (Å²) in [6.45, 7) is 0. The predicted molar refractivity (Wildman–Crippen MR) is 81.0 cm³/mol. The molecule has 3 N–H and O–H groups in total. The average molecular weight is 300 g/mol. The summed E-state index contributed by atoms with van der Waals surface area (Å²) in [7, 11) is 0. The molecule has 112 valence electrons. The molecule has 2 aromatic rings. The SMILES string of the molecule is O=C(N/C=C/c1ccc(F)cc1)Nc1ccc(C(=O)O)cc1. The molecule has 2 rings (SSSR count). The molecule has 2 amide bonds. The first-order chi connectivity index (χ1) is 10.5. The molecule has 5 nitrogen and oxygen atoms in total. The molecule has 0 unspecified atom stereocenters. The molecule has 2 aromatic carbocycles. The third-order valence-corrected chi connectivity index (χ3v) is 2.75. The number of anilines is 1.